The van der Waals surface area contributed by atoms with E-state index in [1.807, 2.05) is 54.6 Å². The van der Waals surface area contributed by atoms with E-state index < -0.39 is 0 Å². The highest BCUT2D eigenvalue weighted by Crippen LogP contribution is 2.13. The van der Waals surface area contributed by atoms with Crippen LogP contribution in [0.15, 0.2) is 54.6 Å². The highest BCUT2D eigenvalue weighted by atomic mass is 16.5. The van der Waals surface area contributed by atoms with Gasteiger partial charge in [-0.2, -0.15) is 0 Å². The summed E-state index contributed by atoms with van der Waals surface area (Å²) in [4.78, 5) is 11.2. The number of hydrogen-bond acceptors (Lipinski definition) is 4. The molecule has 22 heavy (non-hydrogen) atoms. The van der Waals surface area contributed by atoms with E-state index in [1.165, 1.54) is 7.11 Å². The Kier molecular flexibility index (Phi) is 6.45. The van der Waals surface area contributed by atoms with E-state index in [2.05, 4.69) is 4.74 Å². The Morgan fingerprint density at radius 1 is 0.909 bits per heavy atom. The van der Waals surface area contributed by atoms with Gasteiger partial charge in [-0.15, -0.1) is 0 Å². The first-order valence-corrected chi connectivity index (χ1v) is 7.18. The van der Waals surface area contributed by atoms with Crippen LogP contribution in [0.25, 0.3) is 0 Å². The molecule has 0 aliphatic carbocycles. The second kappa shape index (κ2) is 8.85. The van der Waals surface area contributed by atoms with Crippen molar-refractivity contribution in [1.82, 2.24) is 0 Å². The lowest BCUT2D eigenvalue weighted by molar-refractivity contribution is -0.139. The van der Waals surface area contributed by atoms with E-state index >= 15 is 0 Å². The summed E-state index contributed by atoms with van der Waals surface area (Å²) >= 11 is 0. The van der Waals surface area contributed by atoms with Gasteiger partial charge in [0, 0.05) is 0 Å². The summed E-state index contributed by atoms with van der Waals surface area (Å²) in [5, 5.41) is 0. The lowest BCUT2D eigenvalue weighted by Gasteiger charge is -2.08. The molecule has 0 aliphatic heterocycles. The molecule has 0 spiro atoms. The number of carbonyl (C=O) groups excluding carboxylic acids is 1. The third-order valence-electron chi connectivity index (χ3n) is 3.11. The van der Waals surface area contributed by atoms with Gasteiger partial charge in [0.25, 0.3) is 0 Å². The maximum absolute atomic E-state index is 11.2. The third kappa shape index (κ3) is 5.58. The second-order valence-electron chi connectivity index (χ2n) is 4.78. The Balaban J connectivity index is 1.65. The molecule has 2 aromatic rings. The smallest absolute Gasteiger partial charge is 0.309 e. The Labute approximate surface area is 130 Å². The van der Waals surface area contributed by atoms with Crippen molar-refractivity contribution in [3.05, 3.63) is 65.7 Å². The molecular formula is C18H20O4. The summed E-state index contributed by atoms with van der Waals surface area (Å²) in [6.07, 6.45) is 0.275. The maximum atomic E-state index is 11.2. The fourth-order valence-corrected chi connectivity index (χ4v) is 1.93. The van der Waals surface area contributed by atoms with E-state index in [4.69, 9.17) is 9.47 Å². The van der Waals surface area contributed by atoms with Gasteiger partial charge >= 0.3 is 5.97 Å². The first-order chi connectivity index (χ1) is 10.8. The average Bonchev–Trinajstić information content (AvgIpc) is 2.57. The fraction of sp³-hybridized carbons (Fsp3) is 0.278. The van der Waals surface area contributed by atoms with E-state index in [-0.39, 0.29) is 12.4 Å². The molecule has 0 amide bonds. The van der Waals surface area contributed by atoms with Crippen LogP contribution < -0.4 is 4.74 Å². The number of methoxy groups -OCH3 is 1. The Morgan fingerprint density at radius 3 is 2.32 bits per heavy atom. The molecule has 0 aliphatic rings. The first-order valence-electron chi connectivity index (χ1n) is 7.18. The minimum Gasteiger partial charge on any atom is -0.491 e. The zero-order chi connectivity index (χ0) is 15.6. The van der Waals surface area contributed by atoms with Gasteiger partial charge in [-0.25, -0.2) is 0 Å². The summed E-state index contributed by atoms with van der Waals surface area (Å²) in [7, 11) is 1.38. The van der Waals surface area contributed by atoms with Gasteiger partial charge in [-0.05, 0) is 23.3 Å². The SMILES string of the molecule is COC(=O)Cc1ccc(OCCOCc2ccccc2)cc1. The van der Waals surface area contributed by atoms with Crippen molar-refractivity contribution in [1.29, 1.82) is 0 Å². The molecule has 4 nitrogen and oxygen atoms in total. The quantitative estimate of drug-likeness (QED) is 0.555. The molecule has 0 bridgehead atoms. The maximum Gasteiger partial charge on any atom is 0.309 e. The normalized spacial score (nSPS) is 10.2. The van der Waals surface area contributed by atoms with Crippen molar-refractivity contribution in [2.24, 2.45) is 0 Å². The minimum absolute atomic E-state index is 0.247. The molecule has 2 aromatic carbocycles. The van der Waals surface area contributed by atoms with Crippen LogP contribution in [-0.2, 0) is 27.3 Å². The monoisotopic (exact) mass is 300 g/mol. The van der Waals surface area contributed by atoms with Crippen molar-refractivity contribution >= 4 is 5.97 Å². The molecule has 0 N–H and O–H groups in total. The molecular weight excluding hydrogens is 280 g/mol. The van der Waals surface area contributed by atoms with Crippen molar-refractivity contribution in [2.45, 2.75) is 13.0 Å². The summed E-state index contributed by atoms with van der Waals surface area (Å²) < 4.78 is 15.8. The van der Waals surface area contributed by atoms with Gasteiger partial charge in [0.05, 0.1) is 26.7 Å². The second-order valence-corrected chi connectivity index (χ2v) is 4.78. The molecule has 0 heterocycles. The zero-order valence-electron chi connectivity index (χ0n) is 12.7. The molecule has 2 rings (SSSR count). The molecule has 0 saturated heterocycles. The summed E-state index contributed by atoms with van der Waals surface area (Å²) in [6.45, 7) is 1.60. The lowest BCUT2D eigenvalue weighted by atomic mass is 10.1. The predicted molar refractivity (Wildman–Crippen MR) is 83.8 cm³/mol. The molecule has 4 heteroatoms. The molecule has 0 atom stereocenters. The van der Waals surface area contributed by atoms with Crippen molar-refractivity contribution in [3.63, 3.8) is 0 Å². The number of ether oxygens (including phenoxy) is 3. The van der Waals surface area contributed by atoms with Crippen molar-refractivity contribution < 1.29 is 19.0 Å². The summed E-state index contributed by atoms with van der Waals surface area (Å²) in [6, 6.07) is 17.4. The topological polar surface area (TPSA) is 44.8 Å². The lowest BCUT2D eigenvalue weighted by Crippen LogP contribution is -2.07. The summed E-state index contributed by atoms with van der Waals surface area (Å²) in [5.41, 5.74) is 2.05. The van der Waals surface area contributed by atoms with Crippen LogP contribution in [0.5, 0.6) is 5.75 Å². The van der Waals surface area contributed by atoms with Gasteiger partial charge in [0.2, 0.25) is 0 Å². The van der Waals surface area contributed by atoms with Crippen LogP contribution in [0.4, 0.5) is 0 Å². The molecule has 0 aromatic heterocycles. The third-order valence-corrected chi connectivity index (χ3v) is 3.11. The Hall–Kier alpha value is -2.33. The van der Waals surface area contributed by atoms with E-state index in [0.717, 1.165) is 16.9 Å². The van der Waals surface area contributed by atoms with Crippen LogP contribution in [0.3, 0.4) is 0 Å². The summed E-state index contributed by atoms with van der Waals surface area (Å²) in [5.74, 6) is 0.514. The highest BCUT2D eigenvalue weighted by Gasteiger charge is 2.02. The average molecular weight is 300 g/mol. The van der Waals surface area contributed by atoms with E-state index in [1.54, 1.807) is 0 Å². The van der Waals surface area contributed by atoms with Crippen LogP contribution in [0.1, 0.15) is 11.1 Å². The number of esters is 1. The van der Waals surface area contributed by atoms with Crippen LogP contribution in [0.2, 0.25) is 0 Å². The predicted octanol–water partition coefficient (Wildman–Crippen LogP) is 3.00. The molecule has 0 unspecified atom stereocenters. The molecule has 0 saturated carbocycles. The highest BCUT2D eigenvalue weighted by molar-refractivity contribution is 5.72. The first kappa shape index (κ1) is 16.0. The van der Waals surface area contributed by atoms with E-state index in [9.17, 15) is 4.79 Å². The van der Waals surface area contributed by atoms with Crippen LogP contribution in [-0.4, -0.2) is 26.3 Å². The van der Waals surface area contributed by atoms with Crippen molar-refractivity contribution in [2.75, 3.05) is 20.3 Å². The number of carbonyl (C=O) groups is 1. The van der Waals surface area contributed by atoms with Crippen LogP contribution in [0, 0.1) is 0 Å². The molecule has 116 valence electrons. The van der Waals surface area contributed by atoms with Gasteiger partial charge in [0.1, 0.15) is 12.4 Å². The molecule has 0 radical (unpaired) electrons. The van der Waals surface area contributed by atoms with E-state index in [0.29, 0.717) is 19.8 Å². The zero-order valence-corrected chi connectivity index (χ0v) is 12.7. The standard InChI is InChI=1S/C18H20O4/c1-20-18(19)13-15-7-9-17(10-8-15)22-12-11-21-14-16-5-3-2-4-6-16/h2-10H,11-14H2,1H3. The number of hydrogen-bond donors (Lipinski definition) is 0. The fourth-order valence-electron chi connectivity index (χ4n) is 1.93. The minimum atomic E-state index is -0.247. The van der Waals surface area contributed by atoms with Gasteiger partial charge in [0.15, 0.2) is 0 Å². The number of benzene rings is 2. The van der Waals surface area contributed by atoms with Gasteiger partial charge in [-0.3, -0.25) is 4.79 Å². The van der Waals surface area contributed by atoms with Crippen molar-refractivity contribution in [3.8, 4) is 5.75 Å². The van der Waals surface area contributed by atoms with Gasteiger partial charge in [-0.1, -0.05) is 42.5 Å². The van der Waals surface area contributed by atoms with Gasteiger partial charge < -0.3 is 14.2 Å². The van der Waals surface area contributed by atoms with Crippen LogP contribution >= 0.6 is 0 Å². The largest absolute Gasteiger partial charge is 0.491 e. The Morgan fingerprint density at radius 2 is 1.64 bits per heavy atom. The Bertz CT molecular complexity index is 563. The molecule has 0 fully saturated rings. The number of rotatable bonds is 8.